The molecule has 0 spiro atoms. The summed E-state index contributed by atoms with van der Waals surface area (Å²) in [5.41, 5.74) is -0.439. The van der Waals surface area contributed by atoms with Crippen molar-refractivity contribution in [2.75, 3.05) is 7.05 Å². The van der Waals surface area contributed by atoms with E-state index in [0.717, 1.165) is 16.1 Å². The largest absolute Gasteiger partial charge is 0.417 e. The maximum Gasteiger partial charge on any atom is 0.417 e. The monoisotopic (exact) mass is 371 g/mol. The van der Waals surface area contributed by atoms with E-state index in [-0.39, 0.29) is 12.1 Å². The van der Waals surface area contributed by atoms with Crippen LogP contribution in [0.5, 0.6) is 0 Å². The summed E-state index contributed by atoms with van der Waals surface area (Å²) in [6.07, 6.45) is -4.56. The minimum absolute atomic E-state index is 0.215. The van der Waals surface area contributed by atoms with Crippen LogP contribution >= 0.6 is 15.9 Å². The summed E-state index contributed by atoms with van der Waals surface area (Å²) in [4.78, 5) is 13.6. The van der Waals surface area contributed by atoms with Gasteiger partial charge in [0.05, 0.1) is 11.1 Å². The van der Waals surface area contributed by atoms with Gasteiger partial charge in [-0.3, -0.25) is 4.79 Å². The molecule has 0 aliphatic carbocycles. The van der Waals surface area contributed by atoms with Gasteiger partial charge in [0, 0.05) is 18.1 Å². The molecule has 0 radical (unpaired) electrons. The van der Waals surface area contributed by atoms with Crippen LogP contribution in [0.4, 0.5) is 13.2 Å². The minimum atomic E-state index is -4.56. The maximum atomic E-state index is 13.0. The van der Waals surface area contributed by atoms with Gasteiger partial charge in [0.1, 0.15) is 0 Å². The Morgan fingerprint density at radius 2 is 1.68 bits per heavy atom. The number of hydrogen-bond acceptors (Lipinski definition) is 1. The Hall–Kier alpha value is -1.82. The van der Waals surface area contributed by atoms with Crippen molar-refractivity contribution in [3.05, 3.63) is 69.7 Å². The second-order valence-corrected chi connectivity index (χ2v) is 5.65. The summed E-state index contributed by atoms with van der Waals surface area (Å²) in [6, 6.07) is 12.1. The number of halogens is 4. The normalized spacial score (nSPS) is 11.3. The van der Waals surface area contributed by atoms with Gasteiger partial charge >= 0.3 is 6.18 Å². The summed E-state index contributed by atoms with van der Waals surface area (Å²) in [6.45, 7) is 0.215. The molecule has 0 aromatic heterocycles. The van der Waals surface area contributed by atoms with Crippen LogP contribution < -0.4 is 0 Å². The molecule has 2 nitrogen and oxygen atoms in total. The predicted molar refractivity (Wildman–Crippen MR) is 81.4 cm³/mol. The van der Waals surface area contributed by atoms with Gasteiger partial charge in [0.25, 0.3) is 5.91 Å². The first-order chi connectivity index (χ1) is 10.3. The molecule has 2 aromatic carbocycles. The lowest BCUT2D eigenvalue weighted by Crippen LogP contribution is -2.28. The van der Waals surface area contributed by atoms with Crippen LogP contribution in [-0.4, -0.2) is 17.9 Å². The Kier molecular flexibility index (Phi) is 4.90. The van der Waals surface area contributed by atoms with E-state index in [2.05, 4.69) is 15.9 Å². The number of carbonyl (C=O) groups excluding carboxylic acids is 1. The van der Waals surface area contributed by atoms with Crippen molar-refractivity contribution in [1.82, 2.24) is 4.90 Å². The SMILES string of the molecule is CN(Cc1ccccc1Br)C(=O)c1ccccc1C(F)(F)F. The molecular formula is C16H13BrF3NO. The van der Waals surface area contributed by atoms with Crippen molar-refractivity contribution in [3.8, 4) is 0 Å². The second kappa shape index (κ2) is 6.52. The van der Waals surface area contributed by atoms with Crippen molar-refractivity contribution >= 4 is 21.8 Å². The Balaban J connectivity index is 2.27. The lowest BCUT2D eigenvalue weighted by Gasteiger charge is -2.20. The lowest BCUT2D eigenvalue weighted by molar-refractivity contribution is -0.138. The number of alkyl halides is 3. The maximum absolute atomic E-state index is 13.0. The molecule has 0 atom stereocenters. The van der Waals surface area contributed by atoms with Gasteiger partial charge in [0.15, 0.2) is 0 Å². The Labute approximate surface area is 134 Å². The third kappa shape index (κ3) is 3.68. The molecule has 116 valence electrons. The van der Waals surface area contributed by atoms with Gasteiger partial charge < -0.3 is 4.90 Å². The van der Waals surface area contributed by atoms with Crippen LogP contribution in [0.15, 0.2) is 53.0 Å². The summed E-state index contributed by atoms with van der Waals surface area (Å²) < 4.78 is 39.8. The van der Waals surface area contributed by atoms with E-state index in [4.69, 9.17) is 0 Å². The molecule has 0 saturated heterocycles. The highest BCUT2D eigenvalue weighted by Crippen LogP contribution is 2.32. The Morgan fingerprint density at radius 3 is 2.32 bits per heavy atom. The summed E-state index contributed by atoms with van der Waals surface area (Å²) in [7, 11) is 1.48. The van der Waals surface area contributed by atoms with E-state index in [0.29, 0.717) is 0 Å². The number of hydrogen-bond donors (Lipinski definition) is 0. The molecule has 0 bridgehead atoms. The molecule has 0 heterocycles. The van der Waals surface area contributed by atoms with Crippen LogP contribution in [-0.2, 0) is 12.7 Å². The van der Waals surface area contributed by atoms with Crippen molar-refractivity contribution in [1.29, 1.82) is 0 Å². The molecule has 0 aliphatic heterocycles. The molecule has 0 unspecified atom stereocenters. The molecule has 2 rings (SSSR count). The van der Waals surface area contributed by atoms with E-state index in [1.165, 1.54) is 30.1 Å². The molecule has 1 amide bonds. The molecule has 0 fully saturated rings. The lowest BCUT2D eigenvalue weighted by atomic mass is 10.1. The van der Waals surface area contributed by atoms with E-state index in [9.17, 15) is 18.0 Å². The molecule has 0 N–H and O–H groups in total. The summed E-state index contributed by atoms with van der Waals surface area (Å²) in [5.74, 6) is -0.663. The quantitative estimate of drug-likeness (QED) is 0.762. The fraction of sp³-hybridized carbons (Fsp3) is 0.188. The number of benzene rings is 2. The standard InChI is InChI=1S/C16H13BrF3NO/c1-21(10-11-6-2-5-9-14(11)17)15(22)12-7-3-4-8-13(12)16(18,19)20/h2-9H,10H2,1H3. The third-order valence-electron chi connectivity index (χ3n) is 3.17. The molecule has 0 aliphatic rings. The molecule has 0 saturated carbocycles. The van der Waals surface area contributed by atoms with Crippen LogP contribution in [0.2, 0.25) is 0 Å². The van der Waals surface area contributed by atoms with Crippen molar-refractivity contribution < 1.29 is 18.0 Å². The number of rotatable bonds is 3. The van der Waals surface area contributed by atoms with E-state index in [1.807, 2.05) is 24.3 Å². The van der Waals surface area contributed by atoms with Crippen molar-refractivity contribution in [3.63, 3.8) is 0 Å². The van der Waals surface area contributed by atoms with Gasteiger partial charge in [-0.2, -0.15) is 13.2 Å². The zero-order valence-corrected chi connectivity index (χ0v) is 13.3. The smallest absolute Gasteiger partial charge is 0.337 e. The average molecular weight is 372 g/mol. The zero-order valence-electron chi connectivity index (χ0n) is 11.7. The number of carbonyl (C=O) groups is 1. The molecule has 22 heavy (non-hydrogen) atoms. The fourth-order valence-electron chi connectivity index (χ4n) is 2.08. The van der Waals surface area contributed by atoms with Gasteiger partial charge in [-0.15, -0.1) is 0 Å². The van der Waals surface area contributed by atoms with Crippen LogP contribution in [0, 0.1) is 0 Å². The second-order valence-electron chi connectivity index (χ2n) is 4.80. The highest BCUT2D eigenvalue weighted by molar-refractivity contribution is 9.10. The van der Waals surface area contributed by atoms with Crippen molar-refractivity contribution in [2.24, 2.45) is 0 Å². The van der Waals surface area contributed by atoms with Crippen LogP contribution in [0.3, 0.4) is 0 Å². The fourth-order valence-corrected chi connectivity index (χ4v) is 2.49. The topological polar surface area (TPSA) is 20.3 Å². The predicted octanol–water partition coefficient (Wildman–Crippen LogP) is 4.74. The summed E-state index contributed by atoms with van der Waals surface area (Å²) >= 11 is 3.36. The van der Waals surface area contributed by atoms with Gasteiger partial charge in [-0.25, -0.2) is 0 Å². The van der Waals surface area contributed by atoms with E-state index >= 15 is 0 Å². The first-order valence-corrected chi connectivity index (χ1v) is 7.25. The molecule has 6 heteroatoms. The average Bonchev–Trinajstić information content (AvgIpc) is 2.48. The Bertz CT molecular complexity index is 685. The van der Waals surface area contributed by atoms with Crippen molar-refractivity contribution in [2.45, 2.75) is 12.7 Å². The third-order valence-corrected chi connectivity index (χ3v) is 3.95. The minimum Gasteiger partial charge on any atom is -0.337 e. The van der Waals surface area contributed by atoms with E-state index in [1.54, 1.807) is 0 Å². The van der Waals surface area contributed by atoms with E-state index < -0.39 is 17.6 Å². The Morgan fingerprint density at radius 1 is 1.09 bits per heavy atom. The zero-order chi connectivity index (χ0) is 16.3. The number of amides is 1. The number of nitrogens with zero attached hydrogens (tertiary/aromatic N) is 1. The molecular weight excluding hydrogens is 359 g/mol. The summed E-state index contributed by atoms with van der Waals surface area (Å²) in [5, 5.41) is 0. The highest BCUT2D eigenvalue weighted by Gasteiger charge is 2.35. The van der Waals surface area contributed by atoms with Crippen LogP contribution in [0.25, 0.3) is 0 Å². The van der Waals surface area contributed by atoms with Gasteiger partial charge in [0.2, 0.25) is 0 Å². The van der Waals surface area contributed by atoms with Gasteiger partial charge in [-0.05, 0) is 23.8 Å². The first kappa shape index (κ1) is 16.5. The van der Waals surface area contributed by atoms with Crippen LogP contribution in [0.1, 0.15) is 21.5 Å². The van der Waals surface area contributed by atoms with Gasteiger partial charge in [-0.1, -0.05) is 46.3 Å². The molecule has 2 aromatic rings. The highest BCUT2D eigenvalue weighted by atomic mass is 79.9. The first-order valence-electron chi connectivity index (χ1n) is 6.46.